The zero-order valence-electron chi connectivity index (χ0n) is 11.7. The van der Waals surface area contributed by atoms with E-state index in [4.69, 9.17) is 0 Å². The smallest absolute Gasteiger partial charge is 0.306 e. The van der Waals surface area contributed by atoms with E-state index in [1.54, 1.807) is 25.1 Å². The highest BCUT2D eigenvalue weighted by atomic mass is 32.2. The van der Waals surface area contributed by atoms with Gasteiger partial charge >= 0.3 is 5.97 Å². The van der Waals surface area contributed by atoms with Crippen molar-refractivity contribution in [1.29, 1.82) is 0 Å². The summed E-state index contributed by atoms with van der Waals surface area (Å²) in [6.45, 7) is 1.67. The maximum atomic E-state index is 12.1. The summed E-state index contributed by atoms with van der Waals surface area (Å²) >= 11 is 0. The van der Waals surface area contributed by atoms with Gasteiger partial charge in [-0.05, 0) is 13.0 Å². The van der Waals surface area contributed by atoms with Crippen LogP contribution in [0.4, 0.5) is 0 Å². The van der Waals surface area contributed by atoms with Crippen molar-refractivity contribution in [2.45, 2.75) is 19.4 Å². The van der Waals surface area contributed by atoms with Crippen molar-refractivity contribution < 1.29 is 23.1 Å². The summed E-state index contributed by atoms with van der Waals surface area (Å²) in [4.78, 5) is 11.0. The van der Waals surface area contributed by atoms with Crippen molar-refractivity contribution in [3.05, 3.63) is 29.8 Å². The lowest BCUT2D eigenvalue weighted by Gasteiger charge is -2.25. The fourth-order valence-electron chi connectivity index (χ4n) is 1.74. The number of phenols is 1. The first-order valence-corrected chi connectivity index (χ1v) is 7.71. The van der Waals surface area contributed by atoms with E-state index in [0.29, 0.717) is 5.56 Å². The molecule has 0 aliphatic carbocycles. The molecular formula is C13H19NO5S. The number of methoxy groups -OCH3 is 1. The fourth-order valence-corrected chi connectivity index (χ4v) is 3.04. The van der Waals surface area contributed by atoms with Crippen LogP contribution in [0.2, 0.25) is 0 Å². The summed E-state index contributed by atoms with van der Waals surface area (Å²) in [5.41, 5.74) is 0.511. The second-order valence-corrected chi connectivity index (χ2v) is 6.54. The first kappa shape index (κ1) is 16.5. The Balaban J connectivity index is 2.85. The molecule has 0 saturated heterocycles. The molecule has 7 heteroatoms. The van der Waals surface area contributed by atoms with Gasteiger partial charge in [0.15, 0.2) is 0 Å². The standard InChI is InChI=1S/C13H19NO5S/c1-10(11-6-4-5-7-12(11)15)14(2)20(17,18)9-8-13(16)19-3/h4-7,10,15H,8-9H2,1-3H3. The van der Waals surface area contributed by atoms with Crippen LogP contribution in [0, 0.1) is 0 Å². The number of carbonyl (C=O) groups is 1. The molecule has 0 amide bonds. The normalized spacial score (nSPS) is 13.2. The highest BCUT2D eigenvalue weighted by molar-refractivity contribution is 7.89. The van der Waals surface area contributed by atoms with Gasteiger partial charge in [-0.25, -0.2) is 8.42 Å². The molecule has 1 aromatic rings. The predicted octanol–water partition coefficient (Wildman–Crippen LogP) is 1.28. The van der Waals surface area contributed by atoms with Gasteiger partial charge in [-0.3, -0.25) is 4.79 Å². The number of carbonyl (C=O) groups excluding carboxylic acids is 1. The Morgan fingerprint density at radius 3 is 2.55 bits per heavy atom. The van der Waals surface area contributed by atoms with E-state index in [9.17, 15) is 18.3 Å². The Hall–Kier alpha value is -1.60. The lowest BCUT2D eigenvalue weighted by atomic mass is 10.1. The van der Waals surface area contributed by atoms with Crippen molar-refractivity contribution in [3.63, 3.8) is 0 Å². The van der Waals surface area contributed by atoms with Crippen LogP contribution in [0.5, 0.6) is 5.75 Å². The molecule has 0 aliphatic rings. The van der Waals surface area contributed by atoms with E-state index in [2.05, 4.69) is 4.74 Å². The van der Waals surface area contributed by atoms with Crippen LogP contribution in [0.25, 0.3) is 0 Å². The van der Waals surface area contributed by atoms with E-state index in [1.165, 1.54) is 20.2 Å². The minimum Gasteiger partial charge on any atom is -0.508 e. The average molecular weight is 301 g/mol. The molecule has 1 unspecified atom stereocenters. The summed E-state index contributed by atoms with van der Waals surface area (Å²) in [6.07, 6.45) is -0.198. The Bertz CT molecular complexity index is 570. The predicted molar refractivity (Wildman–Crippen MR) is 74.7 cm³/mol. The molecule has 1 atom stereocenters. The van der Waals surface area contributed by atoms with Gasteiger partial charge in [-0.2, -0.15) is 4.31 Å². The number of rotatable bonds is 6. The molecule has 0 bridgehead atoms. The van der Waals surface area contributed by atoms with Crippen LogP contribution >= 0.6 is 0 Å². The van der Waals surface area contributed by atoms with Gasteiger partial charge in [-0.15, -0.1) is 0 Å². The topological polar surface area (TPSA) is 83.9 Å². The van der Waals surface area contributed by atoms with Gasteiger partial charge in [0.2, 0.25) is 10.0 Å². The molecule has 1 N–H and O–H groups in total. The van der Waals surface area contributed by atoms with E-state index in [0.717, 1.165) is 4.31 Å². The van der Waals surface area contributed by atoms with Crippen molar-refractivity contribution in [2.24, 2.45) is 0 Å². The van der Waals surface area contributed by atoms with E-state index in [-0.39, 0.29) is 17.9 Å². The van der Waals surface area contributed by atoms with Gasteiger partial charge in [0.05, 0.1) is 25.3 Å². The Morgan fingerprint density at radius 2 is 2.00 bits per heavy atom. The quantitative estimate of drug-likeness (QED) is 0.800. The lowest BCUT2D eigenvalue weighted by molar-refractivity contribution is -0.140. The summed E-state index contributed by atoms with van der Waals surface area (Å²) in [5, 5.41) is 9.76. The minimum atomic E-state index is -3.61. The highest BCUT2D eigenvalue weighted by Crippen LogP contribution is 2.28. The Kier molecular flexibility index (Phi) is 5.52. The second-order valence-electron chi connectivity index (χ2n) is 4.39. The largest absolute Gasteiger partial charge is 0.508 e. The lowest BCUT2D eigenvalue weighted by Crippen LogP contribution is -2.32. The molecule has 112 valence electrons. The number of esters is 1. The molecule has 20 heavy (non-hydrogen) atoms. The van der Waals surface area contributed by atoms with Gasteiger partial charge in [0.25, 0.3) is 0 Å². The fraction of sp³-hybridized carbons (Fsp3) is 0.462. The molecule has 0 saturated carbocycles. The van der Waals surface area contributed by atoms with Crippen molar-refractivity contribution in [2.75, 3.05) is 19.9 Å². The van der Waals surface area contributed by atoms with Gasteiger partial charge in [0.1, 0.15) is 5.75 Å². The third kappa shape index (κ3) is 3.94. The minimum absolute atomic E-state index is 0.0371. The van der Waals surface area contributed by atoms with Gasteiger partial charge in [0, 0.05) is 12.6 Å². The molecule has 1 rings (SSSR count). The van der Waals surface area contributed by atoms with Crippen molar-refractivity contribution >= 4 is 16.0 Å². The molecular weight excluding hydrogens is 282 g/mol. The first-order valence-electron chi connectivity index (χ1n) is 6.10. The molecule has 0 spiro atoms. The second kappa shape index (κ2) is 6.71. The van der Waals surface area contributed by atoms with Crippen molar-refractivity contribution in [3.8, 4) is 5.75 Å². The monoisotopic (exact) mass is 301 g/mol. The van der Waals surface area contributed by atoms with Gasteiger partial charge in [-0.1, -0.05) is 18.2 Å². The molecule has 6 nitrogen and oxygen atoms in total. The molecule has 0 aliphatic heterocycles. The van der Waals surface area contributed by atoms with Gasteiger partial charge < -0.3 is 9.84 Å². The summed E-state index contributed by atoms with van der Waals surface area (Å²) in [7, 11) is -0.976. The Labute approximate surface area is 119 Å². The maximum absolute atomic E-state index is 12.1. The number of sulfonamides is 1. The van der Waals surface area contributed by atoms with Crippen LogP contribution in [-0.4, -0.2) is 43.7 Å². The molecule has 1 aromatic carbocycles. The molecule has 0 heterocycles. The highest BCUT2D eigenvalue weighted by Gasteiger charge is 2.26. The first-order chi connectivity index (χ1) is 9.29. The van der Waals surface area contributed by atoms with E-state index < -0.39 is 22.0 Å². The van der Waals surface area contributed by atoms with Crippen LogP contribution in [0.3, 0.4) is 0 Å². The molecule has 0 radical (unpaired) electrons. The third-order valence-corrected chi connectivity index (χ3v) is 5.08. The van der Waals surface area contributed by atoms with E-state index >= 15 is 0 Å². The van der Waals surface area contributed by atoms with Crippen LogP contribution < -0.4 is 0 Å². The third-order valence-electron chi connectivity index (χ3n) is 3.16. The average Bonchev–Trinajstić information content (AvgIpc) is 2.43. The zero-order valence-corrected chi connectivity index (χ0v) is 12.6. The molecule has 0 aromatic heterocycles. The van der Waals surface area contributed by atoms with Crippen molar-refractivity contribution in [1.82, 2.24) is 4.31 Å². The Morgan fingerprint density at radius 1 is 1.40 bits per heavy atom. The summed E-state index contributed by atoms with van der Waals surface area (Å²) in [6, 6.07) is 6.02. The number of benzene rings is 1. The molecule has 0 fully saturated rings. The maximum Gasteiger partial charge on any atom is 0.306 e. The number of aromatic hydroxyl groups is 1. The van der Waals surface area contributed by atoms with Crippen LogP contribution in [-0.2, 0) is 19.6 Å². The number of para-hydroxylation sites is 1. The zero-order chi connectivity index (χ0) is 15.3. The summed E-state index contributed by atoms with van der Waals surface area (Å²) < 4.78 is 29.8. The number of hydrogen-bond acceptors (Lipinski definition) is 5. The van der Waals surface area contributed by atoms with E-state index in [1.807, 2.05) is 0 Å². The van der Waals surface area contributed by atoms with Crippen LogP contribution in [0.1, 0.15) is 24.9 Å². The number of hydrogen-bond donors (Lipinski definition) is 1. The van der Waals surface area contributed by atoms with Crippen LogP contribution in [0.15, 0.2) is 24.3 Å². The summed E-state index contributed by atoms with van der Waals surface area (Å²) in [5.74, 6) is -0.860. The number of phenolic OH excluding ortho intramolecular Hbond substituents is 1. The number of nitrogens with zero attached hydrogens (tertiary/aromatic N) is 1. The number of ether oxygens (including phenoxy) is 1. The SMILES string of the molecule is COC(=O)CCS(=O)(=O)N(C)C(C)c1ccccc1O.